The number of hydrogen-bond donors (Lipinski definition) is 0. The number of aryl methyl sites for hydroxylation is 1. The van der Waals surface area contributed by atoms with Gasteiger partial charge in [0.2, 0.25) is 5.90 Å². The van der Waals surface area contributed by atoms with E-state index in [2.05, 4.69) is 24.0 Å². The third kappa shape index (κ3) is 5.01. The normalized spacial score (nSPS) is 14.3. The third-order valence-corrected chi connectivity index (χ3v) is 4.73. The first-order valence-corrected chi connectivity index (χ1v) is 10.2. The first kappa shape index (κ1) is 20.4. The maximum absolute atomic E-state index is 12.3. The van der Waals surface area contributed by atoms with E-state index >= 15 is 0 Å². The SMILES string of the molecule is CCOc1cc(/C=C2\N=C(c3ccccc3)OC2=O)ccc1OCc1ccc(C)cc1. The summed E-state index contributed by atoms with van der Waals surface area (Å²) in [5, 5.41) is 0. The highest BCUT2D eigenvalue weighted by Gasteiger charge is 2.24. The molecule has 0 aromatic heterocycles. The lowest BCUT2D eigenvalue weighted by molar-refractivity contribution is -0.129. The summed E-state index contributed by atoms with van der Waals surface area (Å²) in [6, 6.07) is 23.1. The van der Waals surface area contributed by atoms with E-state index in [1.165, 1.54) is 5.56 Å². The van der Waals surface area contributed by atoms with E-state index in [4.69, 9.17) is 14.2 Å². The molecule has 0 bridgehead atoms. The standard InChI is InChI=1S/C26H23NO4/c1-3-29-24-16-20(13-14-23(24)30-17-19-11-9-18(2)10-12-19)15-22-26(28)31-25(27-22)21-7-5-4-6-8-21/h4-16H,3,17H2,1-2H3/b22-15-. The molecule has 1 aliphatic rings. The van der Waals surface area contributed by atoms with Crippen LogP contribution in [0.5, 0.6) is 11.5 Å². The van der Waals surface area contributed by atoms with E-state index in [1.54, 1.807) is 6.08 Å². The third-order valence-electron chi connectivity index (χ3n) is 4.73. The van der Waals surface area contributed by atoms with Crippen LogP contribution in [0, 0.1) is 6.92 Å². The summed E-state index contributed by atoms with van der Waals surface area (Å²) in [4.78, 5) is 16.6. The molecule has 0 radical (unpaired) electrons. The predicted molar refractivity (Wildman–Crippen MR) is 120 cm³/mol. The molecule has 0 N–H and O–H groups in total. The van der Waals surface area contributed by atoms with Crippen molar-refractivity contribution < 1.29 is 19.0 Å². The molecule has 0 saturated carbocycles. The number of aliphatic imine (C=N–C) groups is 1. The molecule has 0 aliphatic carbocycles. The number of rotatable bonds is 7. The van der Waals surface area contributed by atoms with Crippen molar-refractivity contribution in [3.8, 4) is 11.5 Å². The molecule has 1 aliphatic heterocycles. The van der Waals surface area contributed by atoms with Crippen molar-refractivity contribution in [2.24, 2.45) is 4.99 Å². The maximum atomic E-state index is 12.3. The summed E-state index contributed by atoms with van der Waals surface area (Å²) in [6.07, 6.45) is 1.69. The monoisotopic (exact) mass is 413 g/mol. The molecule has 0 saturated heterocycles. The fraction of sp³-hybridized carbons (Fsp3) is 0.154. The van der Waals surface area contributed by atoms with Crippen LogP contribution >= 0.6 is 0 Å². The topological polar surface area (TPSA) is 57.1 Å². The second kappa shape index (κ2) is 9.30. The molecule has 0 atom stereocenters. The minimum atomic E-state index is -0.475. The lowest BCUT2D eigenvalue weighted by Crippen LogP contribution is -2.05. The molecule has 5 nitrogen and oxygen atoms in total. The summed E-state index contributed by atoms with van der Waals surface area (Å²) in [7, 11) is 0. The van der Waals surface area contributed by atoms with Crippen molar-refractivity contribution in [3.05, 3.63) is 101 Å². The average molecular weight is 413 g/mol. The van der Waals surface area contributed by atoms with Crippen molar-refractivity contribution in [2.75, 3.05) is 6.61 Å². The Kier molecular flexibility index (Phi) is 6.13. The Balaban J connectivity index is 1.55. The van der Waals surface area contributed by atoms with Gasteiger partial charge < -0.3 is 14.2 Å². The molecule has 1 heterocycles. The number of benzene rings is 3. The highest BCUT2D eigenvalue weighted by molar-refractivity contribution is 6.12. The predicted octanol–water partition coefficient (Wildman–Crippen LogP) is 5.32. The number of cyclic esters (lactones) is 1. The van der Waals surface area contributed by atoms with E-state index in [9.17, 15) is 4.79 Å². The van der Waals surface area contributed by atoms with Crippen LogP contribution in [0.1, 0.15) is 29.2 Å². The van der Waals surface area contributed by atoms with E-state index in [-0.39, 0.29) is 5.70 Å². The zero-order valence-electron chi connectivity index (χ0n) is 17.5. The highest BCUT2D eigenvalue weighted by Crippen LogP contribution is 2.31. The Morgan fingerprint density at radius 2 is 1.71 bits per heavy atom. The second-order valence-electron chi connectivity index (χ2n) is 7.12. The second-order valence-corrected chi connectivity index (χ2v) is 7.12. The van der Waals surface area contributed by atoms with Crippen LogP contribution in [-0.2, 0) is 16.1 Å². The van der Waals surface area contributed by atoms with E-state index < -0.39 is 5.97 Å². The minimum absolute atomic E-state index is 0.245. The smallest absolute Gasteiger partial charge is 0.363 e. The zero-order valence-corrected chi connectivity index (χ0v) is 17.5. The molecule has 4 rings (SSSR count). The van der Waals surface area contributed by atoms with Crippen molar-refractivity contribution >= 4 is 17.9 Å². The number of carbonyl (C=O) groups is 1. The Bertz CT molecular complexity index is 1130. The molecular weight excluding hydrogens is 390 g/mol. The van der Waals surface area contributed by atoms with E-state index in [1.807, 2.05) is 67.6 Å². The van der Waals surface area contributed by atoms with Gasteiger partial charge in [-0.25, -0.2) is 9.79 Å². The van der Waals surface area contributed by atoms with Gasteiger partial charge in [-0.1, -0.05) is 54.1 Å². The van der Waals surface area contributed by atoms with Crippen LogP contribution < -0.4 is 9.47 Å². The molecule has 3 aromatic carbocycles. The quantitative estimate of drug-likeness (QED) is 0.389. The van der Waals surface area contributed by atoms with Gasteiger partial charge in [-0.3, -0.25) is 0 Å². The lowest BCUT2D eigenvalue weighted by atomic mass is 10.1. The van der Waals surface area contributed by atoms with Crippen LogP contribution in [-0.4, -0.2) is 18.5 Å². The van der Waals surface area contributed by atoms with Crippen molar-refractivity contribution in [3.63, 3.8) is 0 Å². The largest absolute Gasteiger partial charge is 0.490 e. The number of ether oxygens (including phenoxy) is 3. The van der Waals surface area contributed by atoms with Gasteiger partial charge in [0.05, 0.1) is 6.61 Å². The first-order valence-electron chi connectivity index (χ1n) is 10.2. The highest BCUT2D eigenvalue weighted by atomic mass is 16.6. The fourth-order valence-electron chi connectivity index (χ4n) is 3.12. The molecule has 0 spiro atoms. The molecule has 156 valence electrons. The molecule has 0 unspecified atom stereocenters. The number of nitrogens with zero attached hydrogens (tertiary/aromatic N) is 1. The van der Waals surface area contributed by atoms with Gasteiger partial charge in [-0.15, -0.1) is 0 Å². The van der Waals surface area contributed by atoms with E-state index in [0.29, 0.717) is 30.6 Å². The van der Waals surface area contributed by atoms with Crippen LogP contribution in [0.4, 0.5) is 0 Å². The Labute approximate surface area is 181 Å². The molecule has 0 amide bonds. The Hall–Kier alpha value is -3.86. The number of hydrogen-bond acceptors (Lipinski definition) is 5. The van der Waals surface area contributed by atoms with Gasteiger partial charge in [0.15, 0.2) is 17.2 Å². The van der Waals surface area contributed by atoms with Gasteiger partial charge in [-0.05, 0) is 55.3 Å². The summed E-state index contributed by atoms with van der Waals surface area (Å²) in [5.74, 6) is 1.09. The summed E-state index contributed by atoms with van der Waals surface area (Å²) >= 11 is 0. The maximum Gasteiger partial charge on any atom is 0.363 e. The van der Waals surface area contributed by atoms with Crippen LogP contribution in [0.2, 0.25) is 0 Å². The molecular formula is C26H23NO4. The molecule has 0 fully saturated rings. The number of carbonyl (C=O) groups excluding carboxylic acids is 1. The first-order chi connectivity index (χ1) is 15.1. The van der Waals surface area contributed by atoms with Crippen LogP contribution in [0.25, 0.3) is 6.08 Å². The van der Waals surface area contributed by atoms with Crippen LogP contribution in [0.3, 0.4) is 0 Å². The van der Waals surface area contributed by atoms with Crippen molar-refractivity contribution in [1.82, 2.24) is 0 Å². The van der Waals surface area contributed by atoms with Gasteiger partial charge >= 0.3 is 5.97 Å². The fourth-order valence-corrected chi connectivity index (χ4v) is 3.12. The van der Waals surface area contributed by atoms with Crippen molar-refractivity contribution in [1.29, 1.82) is 0 Å². The zero-order chi connectivity index (χ0) is 21.6. The Morgan fingerprint density at radius 1 is 0.935 bits per heavy atom. The van der Waals surface area contributed by atoms with E-state index in [0.717, 1.165) is 16.7 Å². The summed E-state index contributed by atoms with van der Waals surface area (Å²) in [6.45, 7) is 4.91. The lowest BCUT2D eigenvalue weighted by Gasteiger charge is -2.13. The summed E-state index contributed by atoms with van der Waals surface area (Å²) in [5.41, 5.74) is 4.07. The average Bonchev–Trinajstić information content (AvgIpc) is 3.15. The minimum Gasteiger partial charge on any atom is -0.490 e. The van der Waals surface area contributed by atoms with Crippen LogP contribution in [0.15, 0.2) is 83.5 Å². The molecule has 3 aromatic rings. The molecule has 5 heteroatoms. The summed E-state index contributed by atoms with van der Waals surface area (Å²) < 4.78 is 17.0. The van der Waals surface area contributed by atoms with Gasteiger partial charge in [-0.2, -0.15) is 0 Å². The Morgan fingerprint density at radius 3 is 2.45 bits per heavy atom. The van der Waals surface area contributed by atoms with Gasteiger partial charge in [0, 0.05) is 5.56 Å². The van der Waals surface area contributed by atoms with Gasteiger partial charge in [0.25, 0.3) is 0 Å². The van der Waals surface area contributed by atoms with Gasteiger partial charge in [0.1, 0.15) is 6.61 Å². The number of esters is 1. The van der Waals surface area contributed by atoms with Crippen molar-refractivity contribution in [2.45, 2.75) is 20.5 Å². The molecule has 31 heavy (non-hydrogen) atoms.